The maximum Gasteiger partial charge on any atom is 0.165 e. The molecule has 5 aromatic carbocycles. The molecule has 5 heteroatoms. The maximum atomic E-state index is 15.1. The largest absolute Gasteiger partial charge is 0.504 e. The first-order valence-electron chi connectivity index (χ1n) is 10.6. The van der Waals surface area contributed by atoms with Crippen molar-refractivity contribution in [1.29, 1.82) is 0 Å². The molecule has 5 aromatic rings. The number of rotatable bonds is 3. The molecule has 0 spiro atoms. The van der Waals surface area contributed by atoms with Crippen LogP contribution in [0.1, 0.15) is 22.3 Å². The Morgan fingerprint density at radius 2 is 1.42 bits per heavy atom. The highest BCUT2D eigenvalue weighted by Crippen LogP contribution is 2.52. The predicted molar refractivity (Wildman–Crippen MR) is 128 cm³/mol. The first kappa shape index (κ1) is 20.2. The van der Waals surface area contributed by atoms with Gasteiger partial charge in [0, 0.05) is 21.4 Å². The van der Waals surface area contributed by atoms with Crippen LogP contribution in [-0.4, -0.2) is 5.11 Å². The van der Waals surface area contributed by atoms with E-state index in [0.717, 1.165) is 27.5 Å². The Morgan fingerprint density at radius 1 is 0.758 bits per heavy atom. The molecule has 0 saturated carbocycles. The summed E-state index contributed by atoms with van der Waals surface area (Å²) in [7, 11) is 0. The van der Waals surface area contributed by atoms with Crippen molar-refractivity contribution in [3.63, 3.8) is 0 Å². The molecule has 1 aliphatic rings. The van der Waals surface area contributed by atoms with Gasteiger partial charge >= 0.3 is 0 Å². The molecule has 2 nitrogen and oxygen atoms in total. The molecule has 0 radical (unpaired) electrons. The number of ether oxygens (including phenoxy) is 1. The molecule has 1 aliphatic heterocycles. The van der Waals surface area contributed by atoms with Crippen molar-refractivity contribution in [1.82, 2.24) is 0 Å². The summed E-state index contributed by atoms with van der Waals surface area (Å²) in [4.78, 5) is 0.444. The summed E-state index contributed by atoms with van der Waals surface area (Å²) in [5.74, 6) is -1.12. The Bertz CT molecular complexity index is 1550. The summed E-state index contributed by atoms with van der Waals surface area (Å²) >= 11 is 0.171. The summed E-state index contributed by atoms with van der Waals surface area (Å²) in [5, 5.41) is 13.3. The molecule has 1 heterocycles. The number of fused-ring (bicyclic) bond motifs is 3. The Balaban J connectivity index is 1.82. The lowest BCUT2D eigenvalue weighted by atomic mass is 9.76. The Labute approximate surface area is 193 Å². The highest BCUT2D eigenvalue weighted by molar-refractivity contribution is 7.94. The van der Waals surface area contributed by atoms with Gasteiger partial charge in [-0.25, -0.2) is 4.39 Å². The molecule has 0 aliphatic carbocycles. The van der Waals surface area contributed by atoms with Gasteiger partial charge in [0.05, 0.1) is 18.8 Å². The number of hydrogen-bond acceptors (Lipinski definition) is 3. The minimum absolute atomic E-state index is 0.171. The summed E-state index contributed by atoms with van der Waals surface area (Å²) in [6.07, 6.45) is 0. The average Bonchev–Trinajstić information content (AvgIpc) is 3.26. The van der Waals surface area contributed by atoms with E-state index in [1.807, 2.05) is 60.7 Å². The summed E-state index contributed by atoms with van der Waals surface area (Å²) in [6.45, 7) is 0.328. The third-order valence-corrected chi connectivity index (χ3v) is 6.91. The number of hydrogen-bond donors (Lipinski definition) is 1. The van der Waals surface area contributed by atoms with Crippen molar-refractivity contribution >= 4 is 33.7 Å². The lowest BCUT2D eigenvalue weighted by Gasteiger charge is -2.33. The van der Waals surface area contributed by atoms with E-state index in [9.17, 15) is 8.99 Å². The van der Waals surface area contributed by atoms with Crippen molar-refractivity contribution in [2.75, 3.05) is 0 Å². The summed E-state index contributed by atoms with van der Waals surface area (Å²) in [6, 6.07) is 27.7. The van der Waals surface area contributed by atoms with E-state index in [-0.39, 0.29) is 12.1 Å². The molecule has 0 bridgehead atoms. The molecule has 1 unspecified atom stereocenters. The second-order valence-corrected chi connectivity index (χ2v) is 8.82. The summed E-state index contributed by atoms with van der Waals surface area (Å²) in [5.41, 5.74) is 1.99. The van der Waals surface area contributed by atoms with Gasteiger partial charge in [0.25, 0.3) is 0 Å². The molecule has 1 atom stereocenters. The van der Waals surface area contributed by atoms with E-state index in [0.29, 0.717) is 27.8 Å². The minimum atomic E-state index is -1.18. The van der Waals surface area contributed by atoms with Crippen LogP contribution in [0.5, 0.6) is 5.75 Å². The van der Waals surface area contributed by atoms with Gasteiger partial charge in [-0.1, -0.05) is 72.8 Å². The first-order chi connectivity index (χ1) is 16.1. The van der Waals surface area contributed by atoms with Gasteiger partial charge in [0.1, 0.15) is 5.60 Å². The molecule has 33 heavy (non-hydrogen) atoms. The van der Waals surface area contributed by atoms with Crippen LogP contribution < -0.4 is 0 Å². The quantitative estimate of drug-likeness (QED) is 0.303. The number of halogens is 2. The fourth-order valence-electron chi connectivity index (χ4n) is 5.08. The van der Waals surface area contributed by atoms with Crippen LogP contribution >= 0.6 is 12.1 Å². The van der Waals surface area contributed by atoms with E-state index in [4.69, 9.17) is 4.74 Å². The number of phenols is 1. The fraction of sp³-hybridized carbons (Fsp3) is 0.0714. The lowest BCUT2D eigenvalue weighted by Crippen LogP contribution is -2.29. The molecule has 6 rings (SSSR count). The lowest BCUT2D eigenvalue weighted by molar-refractivity contribution is 0.0285. The van der Waals surface area contributed by atoms with E-state index in [1.54, 1.807) is 24.3 Å². The van der Waals surface area contributed by atoms with Crippen molar-refractivity contribution in [3.8, 4) is 5.75 Å². The van der Waals surface area contributed by atoms with Gasteiger partial charge < -0.3 is 9.84 Å². The zero-order valence-electron chi connectivity index (χ0n) is 17.4. The van der Waals surface area contributed by atoms with Crippen LogP contribution in [0.25, 0.3) is 21.5 Å². The molecular weight excluding hydrogens is 438 g/mol. The molecule has 1 N–H and O–H groups in total. The molecule has 0 amide bonds. The van der Waals surface area contributed by atoms with E-state index >= 15 is 4.39 Å². The van der Waals surface area contributed by atoms with Crippen LogP contribution in [0.3, 0.4) is 0 Å². The zero-order chi connectivity index (χ0) is 22.6. The van der Waals surface area contributed by atoms with Crippen LogP contribution in [0.2, 0.25) is 0 Å². The van der Waals surface area contributed by atoms with Crippen LogP contribution in [0, 0.1) is 5.82 Å². The van der Waals surface area contributed by atoms with Gasteiger partial charge in [-0.05, 0) is 45.5 Å². The fourth-order valence-corrected chi connectivity index (χ4v) is 5.41. The summed E-state index contributed by atoms with van der Waals surface area (Å²) < 4.78 is 35.6. The second kappa shape index (κ2) is 7.58. The number of phenolic OH excluding ortho intramolecular Hbond substituents is 1. The van der Waals surface area contributed by atoms with Gasteiger partial charge in [0.2, 0.25) is 0 Å². The molecule has 0 fully saturated rings. The zero-order valence-corrected chi connectivity index (χ0v) is 18.2. The minimum Gasteiger partial charge on any atom is -0.504 e. The number of benzene rings is 5. The van der Waals surface area contributed by atoms with Crippen molar-refractivity contribution in [3.05, 3.63) is 119 Å². The van der Waals surface area contributed by atoms with E-state index < -0.39 is 17.2 Å². The smallest absolute Gasteiger partial charge is 0.165 e. The standard InChI is InChI=1S/C28H18F2O2S/c29-26-15-25(21-10-4-5-11-22(21)27(26)31)28(23-12-6-2-8-18(23)16-32-28)24-14-19(33-30)13-17-7-1-3-9-20(17)24/h1-15,31H,16H2. The van der Waals surface area contributed by atoms with Crippen molar-refractivity contribution in [2.45, 2.75) is 17.1 Å². The predicted octanol–water partition coefficient (Wildman–Crippen LogP) is 7.64. The van der Waals surface area contributed by atoms with Crippen LogP contribution in [-0.2, 0) is 16.9 Å². The third-order valence-electron chi connectivity index (χ3n) is 6.49. The first-order valence-corrected chi connectivity index (χ1v) is 11.3. The maximum absolute atomic E-state index is 15.1. The Kier molecular flexibility index (Phi) is 4.64. The third kappa shape index (κ3) is 2.89. The molecule has 0 aromatic heterocycles. The van der Waals surface area contributed by atoms with E-state index in [2.05, 4.69) is 0 Å². The normalized spacial score (nSPS) is 17.5. The van der Waals surface area contributed by atoms with Gasteiger partial charge in [0.15, 0.2) is 11.6 Å². The topological polar surface area (TPSA) is 29.5 Å². The SMILES string of the molecule is Oc1c(F)cc(C2(c3cc(SF)cc4ccccc34)OCc3ccccc32)c2ccccc12. The highest BCUT2D eigenvalue weighted by atomic mass is 32.2. The number of aromatic hydroxyl groups is 1. The molecule has 162 valence electrons. The van der Waals surface area contributed by atoms with Gasteiger partial charge in [-0.15, -0.1) is 0 Å². The van der Waals surface area contributed by atoms with Crippen molar-refractivity contribution < 1.29 is 18.1 Å². The average molecular weight is 457 g/mol. The Morgan fingerprint density at radius 3 is 2.24 bits per heavy atom. The highest BCUT2D eigenvalue weighted by Gasteiger charge is 2.46. The van der Waals surface area contributed by atoms with Crippen LogP contribution in [0.15, 0.2) is 95.9 Å². The second-order valence-electron chi connectivity index (χ2n) is 8.20. The molecule has 0 saturated heterocycles. The monoisotopic (exact) mass is 456 g/mol. The van der Waals surface area contributed by atoms with Crippen LogP contribution in [0.4, 0.5) is 8.28 Å². The van der Waals surface area contributed by atoms with Crippen molar-refractivity contribution in [2.24, 2.45) is 0 Å². The Hall–Kier alpha value is -3.41. The van der Waals surface area contributed by atoms with Gasteiger partial charge in [-0.2, -0.15) is 3.89 Å². The molecular formula is C28H18F2O2S. The van der Waals surface area contributed by atoms with E-state index in [1.165, 1.54) is 6.07 Å². The van der Waals surface area contributed by atoms with Gasteiger partial charge in [-0.3, -0.25) is 0 Å².